The Morgan fingerprint density at radius 1 is 1.10 bits per heavy atom. The third-order valence-corrected chi connectivity index (χ3v) is 5.51. The standard InChI is InChI=1S/C16H13BrClN7O.C4H10/c1-9-19-16(26)14(18)24(9)8-10-2-4-11(5-3-10)25-12(6-7-13(25)17)15-20-22-23-21-15;1-3-4-2/h2-7,26H,8H2,1H3,(H,20,21,22,23);3-4H2,1-2H3. The molecule has 0 aliphatic heterocycles. The predicted octanol–water partition coefficient (Wildman–Crippen LogP) is 5.14. The van der Waals surface area contributed by atoms with Crippen molar-refractivity contribution in [3.8, 4) is 23.1 Å². The maximum Gasteiger partial charge on any atom is 0.249 e. The van der Waals surface area contributed by atoms with Crippen molar-refractivity contribution in [1.82, 2.24) is 34.7 Å². The summed E-state index contributed by atoms with van der Waals surface area (Å²) in [4.78, 5) is 3.97. The third kappa shape index (κ3) is 4.73. The highest BCUT2D eigenvalue weighted by molar-refractivity contribution is 9.10. The number of aromatic hydroxyl groups is 1. The lowest BCUT2D eigenvalue weighted by Gasteiger charge is -2.11. The van der Waals surface area contributed by atoms with Crippen molar-refractivity contribution < 1.29 is 5.11 Å². The van der Waals surface area contributed by atoms with E-state index in [-0.39, 0.29) is 11.0 Å². The highest BCUT2D eigenvalue weighted by Crippen LogP contribution is 2.28. The van der Waals surface area contributed by atoms with Crippen LogP contribution in [0.2, 0.25) is 5.15 Å². The monoisotopic (exact) mass is 491 g/mol. The van der Waals surface area contributed by atoms with E-state index in [0.717, 1.165) is 21.5 Å². The molecule has 158 valence electrons. The molecule has 0 saturated heterocycles. The molecule has 3 aromatic heterocycles. The molecule has 0 aliphatic carbocycles. The summed E-state index contributed by atoms with van der Waals surface area (Å²) < 4.78 is 4.61. The number of aryl methyl sites for hydroxylation is 1. The van der Waals surface area contributed by atoms with E-state index in [9.17, 15) is 5.11 Å². The first kappa shape index (κ1) is 22.0. The highest BCUT2D eigenvalue weighted by Gasteiger charge is 2.15. The van der Waals surface area contributed by atoms with Crippen LogP contribution in [-0.2, 0) is 6.54 Å². The van der Waals surface area contributed by atoms with Gasteiger partial charge in [0.05, 0.1) is 16.8 Å². The molecular formula is C20H23BrClN7O. The number of tetrazole rings is 1. The smallest absolute Gasteiger partial charge is 0.249 e. The van der Waals surface area contributed by atoms with Gasteiger partial charge in [0, 0.05) is 5.69 Å². The molecule has 4 rings (SSSR count). The summed E-state index contributed by atoms with van der Waals surface area (Å²) in [5, 5.41) is 24.0. The van der Waals surface area contributed by atoms with Crippen molar-refractivity contribution in [2.45, 2.75) is 40.2 Å². The lowest BCUT2D eigenvalue weighted by molar-refractivity contribution is 0.455. The van der Waals surface area contributed by atoms with E-state index in [1.807, 2.05) is 41.0 Å². The van der Waals surface area contributed by atoms with Crippen molar-refractivity contribution in [3.05, 3.63) is 57.5 Å². The number of H-pyrrole nitrogens is 1. The minimum atomic E-state index is -0.151. The van der Waals surface area contributed by atoms with Gasteiger partial charge < -0.3 is 14.2 Å². The van der Waals surface area contributed by atoms with Crippen LogP contribution in [0.25, 0.3) is 17.2 Å². The fraction of sp³-hybridized carbons (Fsp3) is 0.300. The van der Waals surface area contributed by atoms with Crippen LogP contribution in [-0.4, -0.2) is 39.8 Å². The van der Waals surface area contributed by atoms with Crippen LogP contribution in [0, 0.1) is 6.92 Å². The van der Waals surface area contributed by atoms with Crippen LogP contribution in [0.4, 0.5) is 0 Å². The summed E-state index contributed by atoms with van der Waals surface area (Å²) in [7, 11) is 0. The number of rotatable bonds is 5. The van der Waals surface area contributed by atoms with Crippen LogP contribution in [0.1, 0.15) is 38.1 Å². The number of nitrogens with one attached hydrogen (secondary N) is 1. The predicted molar refractivity (Wildman–Crippen MR) is 120 cm³/mol. The molecule has 0 fully saturated rings. The highest BCUT2D eigenvalue weighted by atomic mass is 79.9. The van der Waals surface area contributed by atoms with E-state index in [1.165, 1.54) is 12.8 Å². The molecule has 0 atom stereocenters. The summed E-state index contributed by atoms with van der Waals surface area (Å²) in [5.41, 5.74) is 2.79. The molecule has 0 spiro atoms. The molecular weight excluding hydrogens is 470 g/mol. The Kier molecular flexibility index (Phi) is 7.28. The van der Waals surface area contributed by atoms with Crippen molar-refractivity contribution in [2.75, 3.05) is 0 Å². The maximum absolute atomic E-state index is 9.63. The summed E-state index contributed by atoms with van der Waals surface area (Å²) in [6.07, 6.45) is 2.64. The molecule has 2 N–H and O–H groups in total. The molecule has 4 aromatic rings. The number of hydrogen-bond donors (Lipinski definition) is 2. The second-order valence-electron chi connectivity index (χ2n) is 6.64. The normalized spacial score (nSPS) is 10.7. The number of aromatic amines is 1. The number of aromatic nitrogens is 7. The number of halogens is 2. The molecule has 8 nitrogen and oxygen atoms in total. The Labute approximate surface area is 188 Å². The van der Waals surface area contributed by atoms with E-state index < -0.39 is 0 Å². The second kappa shape index (κ2) is 9.90. The molecule has 1 aromatic carbocycles. The van der Waals surface area contributed by atoms with Gasteiger partial charge in [-0.25, -0.2) is 0 Å². The molecule has 0 unspecified atom stereocenters. The fourth-order valence-corrected chi connectivity index (χ4v) is 3.51. The molecule has 0 saturated carbocycles. The van der Waals surface area contributed by atoms with Gasteiger partial charge in [-0.1, -0.05) is 50.4 Å². The largest absolute Gasteiger partial charge is 0.491 e. The zero-order chi connectivity index (χ0) is 21.7. The van der Waals surface area contributed by atoms with E-state index in [0.29, 0.717) is 18.2 Å². The number of unbranched alkanes of at least 4 members (excludes halogenated alkanes) is 1. The van der Waals surface area contributed by atoms with Gasteiger partial charge in [-0.15, -0.1) is 10.2 Å². The zero-order valence-electron chi connectivity index (χ0n) is 17.0. The number of imidazole rings is 1. The Balaban J connectivity index is 0.000000589. The number of nitrogens with zero attached hydrogens (tertiary/aromatic N) is 6. The average molecular weight is 493 g/mol. The van der Waals surface area contributed by atoms with Crippen molar-refractivity contribution in [1.29, 1.82) is 0 Å². The SMILES string of the molecule is CCCC.Cc1nc(O)c(Cl)n1Cc1ccc(-n2c(Br)ccc2-c2nn[nH]n2)cc1. The number of benzene rings is 1. The Morgan fingerprint density at radius 3 is 2.33 bits per heavy atom. The van der Waals surface area contributed by atoms with Crippen LogP contribution in [0.15, 0.2) is 41.0 Å². The van der Waals surface area contributed by atoms with Crippen molar-refractivity contribution in [3.63, 3.8) is 0 Å². The van der Waals surface area contributed by atoms with Crippen LogP contribution in [0.5, 0.6) is 5.88 Å². The fourth-order valence-electron chi connectivity index (χ4n) is 2.76. The van der Waals surface area contributed by atoms with Gasteiger partial charge in [-0.2, -0.15) is 10.2 Å². The Bertz CT molecular complexity index is 1090. The van der Waals surface area contributed by atoms with Crippen molar-refractivity contribution in [2.24, 2.45) is 0 Å². The van der Waals surface area contributed by atoms with Crippen LogP contribution < -0.4 is 0 Å². The van der Waals surface area contributed by atoms with E-state index in [1.54, 1.807) is 11.5 Å². The number of hydrogen-bond acceptors (Lipinski definition) is 5. The first-order valence-corrected chi connectivity index (χ1v) is 10.7. The maximum atomic E-state index is 9.63. The first-order valence-electron chi connectivity index (χ1n) is 9.58. The first-order chi connectivity index (χ1) is 14.5. The summed E-state index contributed by atoms with van der Waals surface area (Å²) in [6.45, 7) is 6.68. The molecule has 0 radical (unpaired) electrons. The van der Waals surface area contributed by atoms with Gasteiger partial charge in [0.25, 0.3) is 0 Å². The van der Waals surface area contributed by atoms with Gasteiger partial charge in [0.15, 0.2) is 5.15 Å². The van der Waals surface area contributed by atoms with Gasteiger partial charge in [0.2, 0.25) is 11.7 Å². The van der Waals surface area contributed by atoms with Gasteiger partial charge in [-0.3, -0.25) is 0 Å². The quantitative estimate of drug-likeness (QED) is 0.402. The second-order valence-corrected chi connectivity index (χ2v) is 7.81. The molecule has 3 heterocycles. The Hall–Kier alpha value is -2.65. The van der Waals surface area contributed by atoms with Gasteiger partial charge >= 0.3 is 0 Å². The van der Waals surface area contributed by atoms with Crippen molar-refractivity contribution >= 4 is 27.5 Å². The van der Waals surface area contributed by atoms with Gasteiger partial charge in [0.1, 0.15) is 5.82 Å². The summed E-state index contributed by atoms with van der Waals surface area (Å²) >= 11 is 9.65. The molecule has 10 heteroatoms. The molecule has 0 bridgehead atoms. The van der Waals surface area contributed by atoms with Gasteiger partial charge in [-0.05, 0) is 57.9 Å². The summed E-state index contributed by atoms with van der Waals surface area (Å²) in [5.74, 6) is 1.02. The average Bonchev–Trinajstić information content (AvgIpc) is 3.46. The lowest BCUT2D eigenvalue weighted by atomic mass is 10.2. The minimum Gasteiger partial charge on any atom is -0.491 e. The third-order valence-electron chi connectivity index (χ3n) is 4.52. The minimum absolute atomic E-state index is 0.151. The van der Waals surface area contributed by atoms with Crippen LogP contribution in [0.3, 0.4) is 0 Å². The Morgan fingerprint density at radius 2 is 1.80 bits per heavy atom. The van der Waals surface area contributed by atoms with E-state index in [2.05, 4.69) is 55.4 Å². The molecule has 0 amide bonds. The topological polar surface area (TPSA) is 97.4 Å². The zero-order valence-corrected chi connectivity index (χ0v) is 19.3. The molecule has 0 aliphatic rings. The molecule has 30 heavy (non-hydrogen) atoms. The van der Waals surface area contributed by atoms with E-state index in [4.69, 9.17) is 11.6 Å². The summed E-state index contributed by atoms with van der Waals surface area (Å²) in [6, 6.07) is 11.8. The van der Waals surface area contributed by atoms with Crippen LogP contribution >= 0.6 is 27.5 Å². The lowest BCUT2D eigenvalue weighted by Crippen LogP contribution is -2.03. The van der Waals surface area contributed by atoms with E-state index >= 15 is 0 Å².